The summed E-state index contributed by atoms with van der Waals surface area (Å²) in [5, 5.41) is 8.91. The quantitative estimate of drug-likeness (QED) is 0.0230. The molecule has 3 unspecified atom stereocenters. The van der Waals surface area contributed by atoms with Crippen molar-refractivity contribution in [2.24, 2.45) is 5.73 Å². The summed E-state index contributed by atoms with van der Waals surface area (Å²) in [4.78, 5) is 46.1. The predicted octanol–water partition coefficient (Wildman–Crippen LogP) is 13.1. The van der Waals surface area contributed by atoms with Crippen LogP contribution in [0.1, 0.15) is 181 Å². The van der Waals surface area contributed by atoms with Crippen LogP contribution in [0.3, 0.4) is 0 Å². The van der Waals surface area contributed by atoms with Gasteiger partial charge in [0, 0.05) is 12.8 Å². The van der Waals surface area contributed by atoms with E-state index in [-0.39, 0.29) is 19.4 Å². The summed E-state index contributed by atoms with van der Waals surface area (Å²) >= 11 is 0. The molecule has 12 heteroatoms. The maximum atomic E-state index is 12.7. The molecule has 4 N–H and O–H groups in total. The number of hydrogen-bond acceptors (Lipinski definition) is 9. The summed E-state index contributed by atoms with van der Waals surface area (Å²) in [5.41, 5.74) is 5.34. The Labute approximate surface area is 375 Å². The number of esters is 2. The summed E-state index contributed by atoms with van der Waals surface area (Å²) in [5.74, 6) is -2.42. The molecular formula is C50H84NO10P. The van der Waals surface area contributed by atoms with E-state index in [9.17, 15) is 23.8 Å². The van der Waals surface area contributed by atoms with Crippen LogP contribution >= 0.6 is 7.82 Å². The number of phosphoric acid groups is 1. The molecule has 0 aliphatic heterocycles. The van der Waals surface area contributed by atoms with Crippen molar-refractivity contribution in [1.29, 1.82) is 0 Å². The van der Waals surface area contributed by atoms with Gasteiger partial charge in [-0.1, -0.05) is 163 Å². The lowest BCUT2D eigenvalue weighted by Gasteiger charge is -2.20. The molecule has 0 rings (SSSR count). The third-order valence-electron chi connectivity index (χ3n) is 9.63. The number of allylic oxidation sites excluding steroid dienone is 14. The molecule has 11 nitrogen and oxygen atoms in total. The number of hydrogen-bond donors (Lipinski definition) is 3. The molecule has 0 spiro atoms. The lowest BCUT2D eigenvalue weighted by Crippen LogP contribution is -2.34. The van der Waals surface area contributed by atoms with Crippen molar-refractivity contribution >= 4 is 25.7 Å². The highest BCUT2D eigenvalue weighted by atomic mass is 31.2. The number of carboxylic acids is 1. The van der Waals surface area contributed by atoms with E-state index in [1.807, 2.05) is 0 Å². The molecule has 0 amide bonds. The minimum Gasteiger partial charge on any atom is -0.480 e. The molecule has 62 heavy (non-hydrogen) atoms. The average Bonchev–Trinajstić information content (AvgIpc) is 3.25. The molecule has 0 radical (unpaired) electrons. The van der Waals surface area contributed by atoms with Crippen molar-refractivity contribution in [3.05, 3.63) is 85.1 Å². The molecule has 0 aromatic carbocycles. The molecule has 0 saturated heterocycles. The van der Waals surface area contributed by atoms with Gasteiger partial charge >= 0.3 is 25.7 Å². The van der Waals surface area contributed by atoms with Crippen LogP contribution in [0, 0.1) is 0 Å². The van der Waals surface area contributed by atoms with Crippen LogP contribution in [0.5, 0.6) is 0 Å². The number of ether oxygens (including phenoxy) is 2. The Morgan fingerprint density at radius 3 is 1.35 bits per heavy atom. The second-order valence-electron chi connectivity index (χ2n) is 15.5. The first-order chi connectivity index (χ1) is 30.1. The summed E-state index contributed by atoms with van der Waals surface area (Å²) in [6, 6.07) is -1.53. The first-order valence-corrected chi connectivity index (χ1v) is 25.1. The minimum absolute atomic E-state index is 0.137. The highest BCUT2D eigenvalue weighted by molar-refractivity contribution is 7.47. The van der Waals surface area contributed by atoms with Crippen LogP contribution in [-0.4, -0.2) is 59.9 Å². The van der Waals surface area contributed by atoms with Gasteiger partial charge in [-0.05, 0) is 89.9 Å². The van der Waals surface area contributed by atoms with Crippen molar-refractivity contribution < 1.29 is 47.5 Å². The van der Waals surface area contributed by atoms with Crippen molar-refractivity contribution in [1.82, 2.24) is 0 Å². The zero-order chi connectivity index (χ0) is 45.6. The van der Waals surface area contributed by atoms with Gasteiger partial charge in [0.1, 0.15) is 12.6 Å². The van der Waals surface area contributed by atoms with Gasteiger partial charge in [0.25, 0.3) is 0 Å². The lowest BCUT2D eigenvalue weighted by molar-refractivity contribution is -0.161. The number of aliphatic carboxylic acids is 1. The summed E-state index contributed by atoms with van der Waals surface area (Å²) in [6.07, 6.45) is 54.9. The lowest BCUT2D eigenvalue weighted by atomic mass is 10.1. The van der Waals surface area contributed by atoms with Gasteiger partial charge in [-0.3, -0.25) is 23.4 Å². The first kappa shape index (κ1) is 58.7. The van der Waals surface area contributed by atoms with E-state index < -0.39 is 51.1 Å². The zero-order valence-corrected chi connectivity index (χ0v) is 39.3. The molecule has 0 fully saturated rings. The summed E-state index contributed by atoms with van der Waals surface area (Å²) < 4.78 is 32.8. The second kappa shape index (κ2) is 44.3. The Balaban J connectivity index is 4.38. The fourth-order valence-corrected chi connectivity index (χ4v) is 6.72. The molecule has 0 aromatic heterocycles. The maximum Gasteiger partial charge on any atom is 0.472 e. The van der Waals surface area contributed by atoms with Crippen LogP contribution in [0.15, 0.2) is 85.1 Å². The van der Waals surface area contributed by atoms with Gasteiger partial charge in [-0.15, -0.1) is 0 Å². The third kappa shape index (κ3) is 43.3. The Hall–Kier alpha value is -3.34. The molecule has 354 valence electrons. The zero-order valence-electron chi connectivity index (χ0n) is 38.4. The molecule has 0 aliphatic carbocycles. The molecule has 0 bridgehead atoms. The third-order valence-corrected chi connectivity index (χ3v) is 10.6. The Morgan fingerprint density at radius 2 is 0.903 bits per heavy atom. The van der Waals surface area contributed by atoms with E-state index in [4.69, 9.17) is 24.8 Å². The van der Waals surface area contributed by atoms with E-state index in [1.165, 1.54) is 25.7 Å². The van der Waals surface area contributed by atoms with Gasteiger partial charge in [-0.25, -0.2) is 4.57 Å². The van der Waals surface area contributed by atoms with Crippen molar-refractivity contribution in [3.8, 4) is 0 Å². The standard InChI is InChI=1S/C50H84NO10P/c1-3-5-7-9-11-13-15-17-19-21-23-25-27-29-31-33-35-37-39-41-48(52)58-43-46(44-59-62(56,57)60-45-47(51)50(54)55)61-49(53)42-40-38-36-34-32-30-28-26-24-22-20-18-16-14-12-10-8-6-4-2/h6,8,11-14,17-20,23-26,46-47H,3-5,7,9-10,15-16,21-22,27-45,51H2,1-2H3,(H,54,55)(H,56,57)/b8-6-,13-11-,14-12-,19-17-,20-18-,25-23-,26-24-. The van der Waals surface area contributed by atoms with Gasteiger partial charge in [0.05, 0.1) is 13.2 Å². The van der Waals surface area contributed by atoms with E-state index in [0.717, 1.165) is 116 Å². The van der Waals surface area contributed by atoms with Gasteiger partial charge in [-0.2, -0.15) is 0 Å². The van der Waals surface area contributed by atoms with Crippen LogP contribution in [0.4, 0.5) is 0 Å². The second-order valence-corrected chi connectivity index (χ2v) is 17.0. The van der Waals surface area contributed by atoms with Gasteiger partial charge in [0.15, 0.2) is 6.10 Å². The number of carboxylic acid groups (broad SMARTS) is 1. The van der Waals surface area contributed by atoms with Crippen molar-refractivity contribution in [2.75, 3.05) is 19.8 Å². The van der Waals surface area contributed by atoms with E-state index in [1.54, 1.807) is 0 Å². The molecule has 0 aliphatic rings. The topological polar surface area (TPSA) is 172 Å². The van der Waals surface area contributed by atoms with Crippen molar-refractivity contribution in [3.63, 3.8) is 0 Å². The minimum atomic E-state index is -4.73. The summed E-state index contributed by atoms with van der Waals surface area (Å²) in [6.45, 7) is 2.63. The van der Waals surface area contributed by atoms with E-state index >= 15 is 0 Å². The van der Waals surface area contributed by atoms with E-state index in [2.05, 4.69) is 103 Å². The Bertz CT molecular complexity index is 1370. The van der Waals surface area contributed by atoms with Crippen LogP contribution in [-0.2, 0) is 37.5 Å². The normalized spacial score (nSPS) is 14.4. The maximum absolute atomic E-state index is 12.7. The number of nitrogens with two attached hydrogens (primary N) is 1. The van der Waals surface area contributed by atoms with Gasteiger partial charge in [0.2, 0.25) is 0 Å². The highest BCUT2D eigenvalue weighted by Crippen LogP contribution is 2.43. The van der Waals surface area contributed by atoms with Crippen LogP contribution in [0.2, 0.25) is 0 Å². The first-order valence-electron chi connectivity index (χ1n) is 23.6. The molecule has 0 aromatic rings. The largest absolute Gasteiger partial charge is 0.480 e. The van der Waals surface area contributed by atoms with E-state index in [0.29, 0.717) is 12.8 Å². The number of carbonyl (C=O) groups excluding carboxylic acids is 2. The molecular weight excluding hydrogens is 806 g/mol. The monoisotopic (exact) mass is 890 g/mol. The summed E-state index contributed by atoms with van der Waals surface area (Å²) in [7, 11) is -4.73. The fraction of sp³-hybridized carbons (Fsp3) is 0.660. The Morgan fingerprint density at radius 1 is 0.516 bits per heavy atom. The van der Waals surface area contributed by atoms with Gasteiger partial charge < -0.3 is 25.2 Å². The predicted molar refractivity (Wildman–Crippen MR) is 254 cm³/mol. The SMILES string of the molecule is CC/C=C\C/C=C\C/C=C\C/C=C\CCCCCCCCC(=O)OC(COC(=O)CCCCCCCC/C=C\C/C=C\C/C=C\CCCCC)COP(=O)(O)OCC(N)C(=O)O. The fourth-order valence-electron chi connectivity index (χ4n) is 5.94. The van der Waals surface area contributed by atoms with Crippen LogP contribution < -0.4 is 5.73 Å². The highest BCUT2D eigenvalue weighted by Gasteiger charge is 2.28. The molecule has 0 saturated carbocycles. The Kier molecular flexibility index (Phi) is 41.9. The average molecular weight is 890 g/mol. The van der Waals surface area contributed by atoms with Crippen LogP contribution in [0.25, 0.3) is 0 Å². The number of rotatable bonds is 43. The smallest absolute Gasteiger partial charge is 0.472 e. The number of carbonyl (C=O) groups is 3. The number of phosphoric ester groups is 1. The molecule has 3 atom stereocenters. The molecule has 0 heterocycles. The van der Waals surface area contributed by atoms with Crippen molar-refractivity contribution in [2.45, 2.75) is 193 Å². The number of unbranched alkanes of at least 4 members (excludes halogenated alkanes) is 15.